The van der Waals surface area contributed by atoms with Crippen molar-refractivity contribution in [1.82, 2.24) is 0 Å². The van der Waals surface area contributed by atoms with E-state index in [9.17, 15) is 4.79 Å². The van der Waals surface area contributed by atoms with E-state index in [1.165, 1.54) is 0 Å². The van der Waals surface area contributed by atoms with Gasteiger partial charge in [-0.05, 0) is 60.5 Å². The third-order valence-electron chi connectivity index (χ3n) is 4.25. The van der Waals surface area contributed by atoms with Gasteiger partial charge < -0.3 is 15.4 Å². The van der Waals surface area contributed by atoms with E-state index in [-0.39, 0.29) is 12.5 Å². The van der Waals surface area contributed by atoms with Crippen molar-refractivity contribution >= 4 is 63.7 Å². The van der Waals surface area contributed by atoms with Gasteiger partial charge in [0.25, 0.3) is 5.91 Å². The van der Waals surface area contributed by atoms with Crippen LogP contribution in [0.15, 0.2) is 54.6 Å². The van der Waals surface area contributed by atoms with Gasteiger partial charge in [-0.2, -0.15) is 0 Å². The molecule has 0 radical (unpaired) electrons. The number of hydrogen-bond donors (Lipinski definition) is 2. The molecule has 0 aliphatic carbocycles. The van der Waals surface area contributed by atoms with E-state index in [1.54, 1.807) is 36.4 Å². The van der Waals surface area contributed by atoms with Gasteiger partial charge in [0.2, 0.25) is 0 Å². The second-order valence-electron chi connectivity index (χ2n) is 6.54. The summed E-state index contributed by atoms with van der Waals surface area (Å²) in [7, 11) is 0. The summed E-state index contributed by atoms with van der Waals surface area (Å²) in [5.41, 5.74) is 3.33. The minimum Gasteiger partial charge on any atom is -0.482 e. The Bertz CT molecular complexity index is 1070. The van der Waals surface area contributed by atoms with Crippen LogP contribution in [0.2, 0.25) is 20.1 Å². The number of nitrogens with one attached hydrogen (secondary N) is 2. The summed E-state index contributed by atoms with van der Waals surface area (Å²) in [5.74, 6) is 0.120. The van der Waals surface area contributed by atoms with Gasteiger partial charge >= 0.3 is 0 Å². The third-order valence-corrected chi connectivity index (χ3v) is 5.51. The summed E-state index contributed by atoms with van der Waals surface area (Å²) in [6.45, 7) is 2.24. The monoisotopic (exact) mass is 482 g/mol. The zero-order valence-electron chi connectivity index (χ0n) is 15.9. The molecule has 0 aromatic heterocycles. The first-order valence-corrected chi connectivity index (χ1v) is 10.5. The Morgan fingerprint density at radius 3 is 2.43 bits per heavy atom. The molecule has 3 aromatic carbocycles. The molecule has 4 nitrogen and oxygen atoms in total. The number of halogens is 4. The fraction of sp³-hybridized carbons (Fsp3) is 0.136. The van der Waals surface area contributed by atoms with Gasteiger partial charge in [0, 0.05) is 22.9 Å². The summed E-state index contributed by atoms with van der Waals surface area (Å²) in [4.78, 5) is 12.2. The maximum absolute atomic E-state index is 12.2. The van der Waals surface area contributed by atoms with Crippen molar-refractivity contribution < 1.29 is 9.53 Å². The van der Waals surface area contributed by atoms with E-state index in [4.69, 9.17) is 51.1 Å². The van der Waals surface area contributed by atoms with Crippen LogP contribution in [0.1, 0.15) is 11.1 Å². The molecule has 30 heavy (non-hydrogen) atoms. The lowest BCUT2D eigenvalue weighted by molar-refractivity contribution is -0.118. The van der Waals surface area contributed by atoms with Crippen molar-refractivity contribution in [3.63, 3.8) is 0 Å². The molecule has 0 fully saturated rings. The minimum atomic E-state index is -0.304. The van der Waals surface area contributed by atoms with Crippen LogP contribution in [0.5, 0.6) is 5.75 Å². The number of amides is 1. The SMILES string of the molecule is Cc1ccc(Cl)cc1NC(=O)COc1ccc(CNc2ccc(Cl)c(Cl)c2)cc1Cl. The summed E-state index contributed by atoms with van der Waals surface area (Å²) in [6, 6.07) is 16.0. The normalized spacial score (nSPS) is 10.6. The lowest BCUT2D eigenvalue weighted by Crippen LogP contribution is -2.20. The summed E-state index contributed by atoms with van der Waals surface area (Å²) in [5, 5.41) is 7.96. The molecule has 156 valence electrons. The second kappa shape index (κ2) is 10.3. The van der Waals surface area contributed by atoms with Gasteiger partial charge in [0.15, 0.2) is 6.61 Å². The number of carbonyl (C=O) groups is 1. The second-order valence-corrected chi connectivity index (χ2v) is 8.20. The summed E-state index contributed by atoms with van der Waals surface area (Å²) >= 11 is 24.2. The molecule has 0 unspecified atom stereocenters. The molecule has 3 aromatic rings. The van der Waals surface area contributed by atoms with Crippen molar-refractivity contribution in [2.75, 3.05) is 17.2 Å². The topological polar surface area (TPSA) is 50.4 Å². The number of carbonyl (C=O) groups excluding carboxylic acids is 1. The molecule has 0 aliphatic rings. The molecule has 0 heterocycles. The molecular weight excluding hydrogens is 466 g/mol. The smallest absolute Gasteiger partial charge is 0.262 e. The fourth-order valence-electron chi connectivity index (χ4n) is 2.64. The predicted octanol–water partition coefficient (Wildman–Crippen LogP) is 7.24. The molecule has 0 saturated carbocycles. The van der Waals surface area contributed by atoms with Crippen LogP contribution in [-0.4, -0.2) is 12.5 Å². The highest BCUT2D eigenvalue weighted by Crippen LogP contribution is 2.28. The van der Waals surface area contributed by atoms with Crippen molar-refractivity contribution in [3.05, 3.63) is 85.8 Å². The molecule has 1 amide bonds. The molecule has 3 rings (SSSR count). The fourth-order valence-corrected chi connectivity index (χ4v) is 3.37. The quantitative estimate of drug-likeness (QED) is 0.372. The number of anilines is 2. The first kappa shape index (κ1) is 22.6. The van der Waals surface area contributed by atoms with E-state index in [0.717, 1.165) is 16.8 Å². The summed E-state index contributed by atoms with van der Waals surface area (Å²) < 4.78 is 5.56. The molecular formula is C22H18Cl4N2O2. The highest BCUT2D eigenvalue weighted by atomic mass is 35.5. The molecule has 0 aliphatic heterocycles. The Balaban J connectivity index is 1.55. The minimum absolute atomic E-state index is 0.174. The van der Waals surface area contributed by atoms with Gasteiger partial charge in [-0.15, -0.1) is 0 Å². The van der Waals surface area contributed by atoms with Crippen molar-refractivity contribution in [2.45, 2.75) is 13.5 Å². The Labute approximate surface area is 195 Å². The Kier molecular flexibility index (Phi) is 7.73. The average Bonchev–Trinajstić information content (AvgIpc) is 2.71. The van der Waals surface area contributed by atoms with E-state index in [1.807, 2.05) is 25.1 Å². The van der Waals surface area contributed by atoms with Crippen LogP contribution >= 0.6 is 46.4 Å². The highest BCUT2D eigenvalue weighted by molar-refractivity contribution is 6.42. The van der Waals surface area contributed by atoms with Crippen LogP contribution < -0.4 is 15.4 Å². The van der Waals surface area contributed by atoms with Gasteiger partial charge in [0.1, 0.15) is 5.75 Å². The average molecular weight is 484 g/mol. The van der Waals surface area contributed by atoms with Crippen molar-refractivity contribution in [3.8, 4) is 5.75 Å². The largest absolute Gasteiger partial charge is 0.482 e. The van der Waals surface area contributed by atoms with E-state index in [2.05, 4.69) is 10.6 Å². The maximum atomic E-state index is 12.2. The summed E-state index contributed by atoms with van der Waals surface area (Å²) in [6.07, 6.45) is 0. The standard InChI is InChI=1S/C22H18Cl4N2O2/c1-13-2-4-15(23)9-20(13)28-22(29)12-30-21-7-3-14(8-19(21)26)11-27-16-5-6-17(24)18(25)10-16/h2-10,27H,11-12H2,1H3,(H,28,29). The van der Waals surface area contributed by atoms with Crippen LogP contribution in [0.3, 0.4) is 0 Å². The van der Waals surface area contributed by atoms with Gasteiger partial charge in [-0.3, -0.25) is 4.79 Å². The molecule has 8 heteroatoms. The van der Waals surface area contributed by atoms with E-state index >= 15 is 0 Å². The number of hydrogen-bond acceptors (Lipinski definition) is 3. The highest BCUT2D eigenvalue weighted by Gasteiger charge is 2.09. The van der Waals surface area contributed by atoms with E-state index < -0.39 is 0 Å². The van der Waals surface area contributed by atoms with Crippen LogP contribution in [0.25, 0.3) is 0 Å². The van der Waals surface area contributed by atoms with Gasteiger partial charge in [0.05, 0.1) is 15.1 Å². The molecule has 0 bridgehead atoms. The first-order valence-electron chi connectivity index (χ1n) is 8.98. The Hall–Kier alpha value is -2.11. The zero-order valence-corrected chi connectivity index (χ0v) is 19.0. The van der Waals surface area contributed by atoms with E-state index in [0.29, 0.717) is 38.1 Å². The number of rotatable bonds is 7. The molecule has 0 saturated heterocycles. The Morgan fingerprint density at radius 2 is 1.70 bits per heavy atom. The maximum Gasteiger partial charge on any atom is 0.262 e. The zero-order chi connectivity index (χ0) is 21.7. The molecule has 0 atom stereocenters. The molecule has 0 spiro atoms. The predicted molar refractivity (Wildman–Crippen MR) is 126 cm³/mol. The molecule has 2 N–H and O–H groups in total. The van der Waals surface area contributed by atoms with Crippen LogP contribution in [0, 0.1) is 6.92 Å². The Morgan fingerprint density at radius 1 is 0.900 bits per heavy atom. The van der Waals surface area contributed by atoms with Crippen LogP contribution in [-0.2, 0) is 11.3 Å². The lowest BCUT2D eigenvalue weighted by atomic mass is 10.2. The number of benzene rings is 3. The third kappa shape index (κ3) is 6.19. The van der Waals surface area contributed by atoms with Gasteiger partial charge in [-0.1, -0.05) is 58.5 Å². The van der Waals surface area contributed by atoms with Crippen molar-refractivity contribution in [2.24, 2.45) is 0 Å². The lowest BCUT2D eigenvalue weighted by Gasteiger charge is -2.12. The van der Waals surface area contributed by atoms with Gasteiger partial charge in [-0.25, -0.2) is 0 Å². The van der Waals surface area contributed by atoms with Crippen LogP contribution in [0.4, 0.5) is 11.4 Å². The number of ether oxygens (including phenoxy) is 1. The first-order chi connectivity index (χ1) is 14.3. The number of aryl methyl sites for hydroxylation is 1. The van der Waals surface area contributed by atoms with Crippen molar-refractivity contribution in [1.29, 1.82) is 0 Å².